The Morgan fingerprint density at radius 3 is 2.57 bits per heavy atom. The zero-order chi connectivity index (χ0) is 15.4. The maximum Gasteiger partial charge on any atom is 0.303 e. The van der Waals surface area contributed by atoms with Gasteiger partial charge in [0.1, 0.15) is 5.75 Å². The quantitative estimate of drug-likeness (QED) is 0.835. The highest BCUT2D eigenvalue weighted by molar-refractivity contribution is 6.06. The Balaban J connectivity index is 2.13. The van der Waals surface area contributed by atoms with Crippen molar-refractivity contribution in [2.24, 2.45) is 0 Å². The molecule has 2 rings (SSSR count). The maximum absolute atomic E-state index is 12.4. The SMILES string of the molecule is COc1ccc(C(=O)N2C(=O)CC[C@H]2CCC(=O)O)cc1. The third kappa shape index (κ3) is 3.39. The molecule has 21 heavy (non-hydrogen) atoms. The fourth-order valence-electron chi connectivity index (χ4n) is 2.46. The van der Waals surface area contributed by atoms with E-state index in [0.29, 0.717) is 24.2 Å². The molecule has 1 aromatic carbocycles. The van der Waals surface area contributed by atoms with Crippen LogP contribution >= 0.6 is 0 Å². The van der Waals surface area contributed by atoms with Crippen LogP contribution in [0.15, 0.2) is 24.3 Å². The first-order chi connectivity index (χ1) is 10.0. The zero-order valence-corrected chi connectivity index (χ0v) is 11.7. The minimum atomic E-state index is -0.925. The highest BCUT2D eigenvalue weighted by atomic mass is 16.5. The maximum atomic E-state index is 12.4. The van der Waals surface area contributed by atoms with Gasteiger partial charge in [0.15, 0.2) is 0 Å². The Hall–Kier alpha value is -2.37. The van der Waals surface area contributed by atoms with Gasteiger partial charge in [0.2, 0.25) is 5.91 Å². The Bertz CT molecular complexity index is 552. The smallest absolute Gasteiger partial charge is 0.303 e. The van der Waals surface area contributed by atoms with E-state index < -0.39 is 5.97 Å². The van der Waals surface area contributed by atoms with Crippen LogP contribution in [-0.4, -0.2) is 40.9 Å². The molecule has 1 aromatic rings. The number of carbonyl (C=O) groups excluding carboxylic acids is 2. The highest BCUT2D eigenvalue weighted by Gasteiger charge is 2.36. The minimum absolute atomic E-state index is 0.0513. The van der Waals surface area contributed by atoms with Crippen LogP contribution in [0.2, 0.25) is 0 Å². The minimum Gasteiger partial charge on any atom is -0.497 e. The number of amides is 2. The molecule has 6 heteroatoms. The summed E-state index contributed by atoms with van der Waals surface area (Å²) in [6, 6.07) is 6.17. The monoisotopic (exact) mass is 291 g/mol. The predicted molar refractivity (Wildman–Crippen MR) is 74.1 cm³/mol. The summed E-state index contributed by atoms with van der Waals surface area (Å²) < 4.78 is 5.02. The molecule has 0 spiro atoms. The van der Waals surface area contributed by atoms with Crippen molar-refractivity contribution in [3.8, 4) is 5.75 Å². The van der Waals surface area contributed by atoms with E-state index in [-0.39, 0.29) is 30.7 Å². The molecular weight excluding hydrogens is 274 g/mol. The molecule has 0 radical (unpaired) electrons. The topological polar surface area (TPSA) is 83.9 Å². The second-order valence-electron chi connectivity index (χ2n) is 4.92. The van der Waals surface area contributed by atoms with Crippen LogP contribution < -0.4 is 4.74 Å². The number of carboxylic acid groups (broad SMARTS) is 1. The Morgan fingerprint density at radius 2 is 2.00 bits per heavy atom. The van der Waals surface area contributed by atoms with Gasteiger partial charge in [-0.15, -0.1) is 0 Å². The Kier molecular flexibility index (Phi) is 4.57. The number of nitrogens with zero attached hydrogens (tertiary/aromatic N) is 1. The molecule has 112 valence electrons. The lowest BCUT2D eigenvalue weighted by Gasteiger charge is -2.22. The summed E-state index contributed by atoms with van der Waals surface area (Å²) in [6.45, 7) is 0. The number of carboxylic acids is 1. The summed E-state index contributed by atoms with van der Waals surface area (Å²) in [5.41, 5.74) is 0.395. The lowest BCUT2D eigenvalue weighted by atomic mass is 10.1. The van der Waals surface area contributed by atoms with E-state index in [9.17, 15) is 14.4 Å². The van der Waals surface area contributed by atoms with Gasteiger partial charge in [-0.1, -0.05) is 0 Å². The van der Waals surface area contributed by atoms with Crippen molar-refractivity contribution in [1.29, 1.82) is 0 Å². The van der Waals surface area contributed by atoms with Gasteiger partial charge in [0.25, 0.3) is 5.91 Å². The van der Waals surface area contributed by atoms with Crippen molar-refractivity contribution in [3.05, 3.63) is 29.8 Å². The van der Waals surface area contributed by atoms with Gasteiger partial charge in [0.05, 0.1) is 7.11 Å². The molecule has 1 saturated heterocycles. The second kappa shape index (κ2) is 6.39. The van der Waals surface area contributed by atoms with Gasteiger partial charge in [-0.2, -0.15) is 0 Å². The average Bonchev–Trinajstić information content (AvgIpc) is 2.85. The van der Waals surface area contributed by atoms with Crippen LogP contribution in [0.5, 0.6) is 5.75 Å². The first-order valence-electron chi connectivity index (χ1n) is 6.75. The molecular formula is C15H17NO5. The summed E-state index contributed by atoms with van der Waals surface area (Å²) in [5.74, 6) is -0.922. The van der Waals surface area contributed by atoms with Crippen LogP contribution in [0.1, 0.15) is 36.0 Å². The number of aliphatic carboxylic acids is 1. The van der Waals surface area contributed by atoms with E-state index in [4.69, 9.17) is 9.84 Å². The molecule has 1 fully saturated rings. The lowest BCUT2D eigenvalue weighted by molar-refractivity contribution is -0.137. The van der Waals surface area contributed by atoms with Crippen molar-refractivity contribution in [3.63, 3.8) is 0 Å². The predicted octanol–water partition coefficient (Wildman–Crippen LogP) is 1.69. The number of methoxy groups -OCH3 is 1. The van der Waals surface area contributed by atoms with Crippen LogP contribution in [0.4, 0.5) is 0 Å². The van der Waals surface area contributed by atoms with Crippen LogP contribution in [-0.2, 0) is 9.59 Å². The first-order valence-corrected chi connectivity index (χ1v) is 6.75. The lowest BCUT2D eigenvalue weighted by Crippen LogP contribution is -2.38. The van der Waals surface area contributed by atoms with Gasteiger partial charge >= 0.3 is 5.97 Å². The number of ether oxygens (including phenoxy) is 1. The number of benzene rings is 1. The zero-order valence-electron chi connectivity index (χ0n) is 11.7. The number of imide groups is 1. The number of hydrogen-bond acceptors (Lipinski definition) is 4. The van der Waals surface area contributed by atoms with Crippen LogP contribution in [0.25, 0.3) is 0 Å². The molecule has 1 aliphatic heterocycles. The van der Waals surface area contributed by atoms with Gasteiger partial charge in [-0.25, -0.2) is 0 Å². The van der Waals surface area contributed by atoms with Gasteiger partial charge in [-0.3, -0.25) is 19.3 Å². The van der Waals surface area contributed by atoms with Crippen molar-refractivity contribution in [2.45, 2.75) is 31.7 Å². The summed E-state index contributed by atoms with van der Waals surface area (Å²) in [7, 11) is 1.53. The number of rotatable bonds is 5. The molecule has 1 aliphatic rings. The fourth-order valence-corrected chi connectivity index (χ4v) is 2.46. The molecule has 0 aliphatic carbocycles. The second-order valence-corrected chi connectivity index (χ2v) is 4.92. The van der Waals surface area contributed by atoms with Crippen molar-refractivity contribution in [1.82, 2.24) is 4.90 Å². The molecule has 0 unspecified atom stereocenters. The highest BCUT2D eigenvalue weighted by Crippen LogP contribution is 2.25. The number of hydrogen-bond donors (Lipinski definition) is 1. The molecule has 2 amide bonds. The Morgan fingerprint density at radius 1 is 1.33 bits per heavy atom. The molecule has 0 saturated carbocycles. The number of likely N-dealkylation sites (tertiary alicyclic amines) is 1. The first kappa shape index (κ1) is 15.0. The molecule has 1 atom stereocenters. The van der Waals surface area contributed by atoms with E-state index in [1.54, 1.807) is 24.3 Å². The third-order valence-electron chi connectivity index (χ3n) is 3.57. The van der Waals surface area contributed by atoms with Gasteiger partial charge < -0.3 is 9.84 Å². The summed E-state index contributed by atoms with van der Waals surface area (Å²) in [6.07, 6.45) is 1.05. The largest absolute Gasteiger partial charge is 0.497 e. The van der Waals surface area contributed by atoms with Gasteiger partial charge in [0, 0.05) is 24.4 Å². The van der Waals surface area contributed by atoms with E-state index >= 15 is 0 Å². The van der Waals surface area contributed by atoms with Crippen molar-refractivity contribution >= 4 is 17.8 Å². The Labute approximate surface area is 122 Å². The summed E-state index contributed by atoms with van der Waals surface area (Å²) in [4.78, 5) is 36.2. The van der Waals surface area contributed by atoms with Crippen LogP contribution in [0.3, 0.4) is 0 Å². The number of carbonyl (C=O) groups is 3. The molecule has 0 bridgehead atoms. The van der Waals surface area contributed by atoms with E-state index in [2.05, 4.69) is 0 Å². The van der Waals surface area contributed by atoms with E-state index in [0.717, 1.165) is 0 Å². The molecule has 0 aromatic heterocycles. The standard InChI is InChI=1S/C15H17NO5/c1-21-12-6-2-10(3-7-12)15(20)16-11(4-8-13(16)17)5-9-14(18)19/h2-3,6-7,11H,4-5,8-9H2,1H3,(H,18,19)/t11-/m0/s1. The summed E-state index contributed by atoms with van der Waals surface area (Å²) >= 11 is 0. The molecule has 1 heterocycles. The van der Waals surface area contributed by atoms with E-state index in [1.165, 1.54) is 12.0 Å². The van der Waals surface area contributed by atoms with E-state index in [1.807, 2.05) is 0 Å². The van der Waals surface area contributed by atoms with Crippen LogP contribution in [0, 0.1) is 0 Å². The third-order valence-corrected chi connectivity index (χ3v) is 3.57. The normalized spacial score (nSPS) is 17.9. The summed E-state index contributed by atoms with van der Waals surface area (Å²) in [5, 5.41) is 8.74. The molecule has 6 nitrogen and oxygen atoms in total. The fraction of sp³-hybridized carbons (Fsp3) is 0.400. The molecule has 1 N–H and O–H groups in total. The van der Waals surface area contributed by atoms with Crippen molar-refractivity contribution < 1.29 is 24.2 Å². The van der Waals surface area contributed by atoms with Crippen molar-refractivity contribution in [2.75, 3.05) is 7.11 Å². The van der Waals surface area contributed by atoms with Gasteiger partial charge in [-0.05, 0) is 37.1 Å². The average molecular weight is 291 g/mol.